The van der Waals surface area contributed by atoms with Crippen LogP contribution in [0.15, 0.2) is 35.2 Å². The highest BCUT2D eigenvalue weighted by atomic mass is 32.2. The molecule has 1 saturated heterocycles. The Labute approximate surface area is 154 Å². The first-order valence-electron chi connectivity index (χ1n) is 8.36. The van der Waals surface area contributed by atoms with Crippen LogP contribution in [0.1, 0.15) is 12.8 Å². The number of carbonyl (C=O) groups is 2. The fraction of sp³-hybridized carbons (Fsp3) is 0.529. The van der Waals surface area contributed by atoms with Crippen LogP contribution in [0.3, 0.4) is 0 Å². The lowest BCUT2D eigenvalue weighted by Gasteiger charge is -2.19. The molecule has 144 valence electrons. The standard InChI is InChI=1S/C17H25N3O5S/c1-19(2)17(22)15-10-9-13(25-15)11-18-16(21)12-20(3)26(23,24)14-7-5-4-6-8-14/h4-8,13,15H,9-12H2,1-3H3,(H,18,21). The van der Waals surface area contributed by atoms with E-state index in [1.165, 1.54) is 24.1 Å². The number of rotatable bonds is 7. The van der Waals surface area contributed by atoms with E-state index < -0.39 is 22.0 Å². The zero-order valence-electron chi connectivity index (χ0n) is 15.2. The number of nitrogens with one attached hydrogen (secondary N) is 1. The average Bonchev–Trinajstić information content (AvgIpc) is 3.08. The van der Waals surface area contributed by atoms with Gasteiger partial charge < -0.3 is 15.0 Å². The Hall–Kier alpha value is -1.97. The van der Waals surface area contributed by atoms with E-state index in [4.69, 9.17) is 4.74 Å². The summed E-state index contributed by atoms with van der Waals surface area (Å²) in [5.74, 6) is -0.509. The molecule has 0 aromatic heterocycles. The van der Waals surface area contributed by atoms with Crippen molar-refractivity contribution in [2.24, 2.45) is 0 Å². The lowest BCUT2D eigenvalue weighted by atomic mass is 10.2. The smallest absolute Gasteiger partial charge is 0.251 e. The fourth-order valence-corrected chi connectivity index (χ4v) is 3.82. The number of hydrogen-bond acceptors (Lipinski definition) is 5. The Morgan fingerprint density at radius 1 is 1.15 bits per heavy atom. The van der Waals surface area contributed by atoms with Crippen molar-refractivity contribution in [1.29, 1.82) is 0 Å². The summed E-state index contributed by atoms with van der Waals surface area (Å²) in [6, 6.07) is 7.95. The van der Waals surface area contributed by atoms with E-state index in [-0.39, 0.29) is 30.0 Å². The van der Waals surface area contributed by atoms with Gasteiger partial charge in [-0.15, -0.1) is 0 Å². The van der Waals surface area contributed by atoms with Gasteiger partial charge in [0.2, 0.25) is 15.9 Å². The first kappa shape index (κ1) is 20.3. The molecule has 0 bridgehead atoms. The fourth-order valence-electron chi connectivity index (χ4n) is 2.67. The minimum Gasteiger partial charge on any atom is -0.363 e. The van der Waals surface area contributed by atoms with E-state index in [0.29, 0.717) is 12.8 Å². The van der Waals surface area contributed by atoms with Crippen LogP contribution in [0.4, 0.5) is 0 Å². The number of amides is 2. The van der Waals surface area contributed by atoms with E-state index in [2.05, 4.69) is 5.32 Å². The molecule has 0 radical (unpaired) electrons. The second-order valence-corrected chi connectivity index (χ2v) is 8.48. The topological polar surface area (TPSA) is 96.0 Å². The lowest BCUT2D eigenvalue weighted by Crippen LogP contribution is -2.41. The molecule has 1 fully saturated rings. The van der Waals surface area contributed by atoms with Crippen LogP contribution in [0.2, 0.25) is 0 Å². The summed E-state index contributed by atoms with van der Waals surface area (Å²) in [5.41, 5.74) is 0. The highest BCUT2D eigenvalue weighted by Gasteiger charge is 2.32. The summed E-state index contributed by atoms with van der Waals surface area (Å²) in [7, 11) is 0.992. The highest BCUT2D eigenvalue weighted by Crippen LogP contribution is 2.20. The van der Waals surface area contributed by atoms with Gasteiger partial charge in [0.25, 0.3) is 5.91 Å². The van der Waals surface area contributed by atoms with Crippen molar-refractivity contribution in [2.75, 3.05) is 34.2 Å². The predicted molar refractivity (Wildman–Crippen MR) is 95.9 cm³/mol. The molecule has 1 heterocycles. The second kappa shape index (κ2) is 8.61. The third kappa shape index (κ3) is 5.03. The number of sulfonamides is 1. The van der Waals surface area contributed by atoms with Gasteiger partial charge in [0.15, 0.2) is 0 Å². The number of likely N-dealkylation sites (N-methyl/N-ethyl adjacent to an activating group) is 2. The second-order valence-electron chi connectivity index (χ2n) is 6.43. The summed E-state index contributed by atoms with van der Waals surface area (Å²) in [4.78, 5) is 25.5. The van der Waals surface area contributed by atoms with Gasteiger partial charge in [-0.2, -0.15) is 4.31 Å². The molecule has 2 atom stereocenters. The molecule has 1 aliphatic rings. The van der Waals surface area contributed by atoms with Gasteiger partial charge in [-0.25, -0.2) is 8.42 Å². The van der Waals surface area contributed by atoms with Gasteiger partial charge >= 0.3 is 0 Å². The Kier molecular flexibility index (Phi) is 6.74. The maximum absolute atomic E-state index is 12.4. The maximum atomic E-state index is 12.4. The van der Waals surface area contributed by atoms with E-state index in [1.807, 2.05) is 0 Å². The van der Waals surface area contributed by atoms with Gasteiger partial charge in [-0.3, -0.25) is 9.59 Å². The van der Waals surface area contributed by atoms with Crippen LogP contribution in [-0.2, 0) is 24.3 Å². The molecule has 1 aromatic carbocycles. The molecular formula is C17H25N3O5S. The van der Waals surface area contributed by atoms with Crippen LogP contribution in [0, 0.1) is 0 Å². The van der Waals surface area contributed by atoms with E-state index in [9.17, 15) is 18.0 Å². The summed E-state index contributed by atoms with van der Waals surface area (Å²) in [6.07, 6.45) is 0.555. The third-order valence-corrected chi connectivity index (χ3v) is 5.99. The van der Waals surface area contributed by atoms with Crippen molar-refractivity contribution in [2.45, 2.75) is 29.9 Å². The first-order valence-corrected chi connectivity index (χ1v) is 9.80. The van der Waals surface area contributed by atoms with Crippen LogP contribution in [0.5, 0.6) is 0 Å². The highest BCUT2D eigenvalue weighted by molar-refractivity contribution is 7.89. The molecule has 8 nitrogen and oxygen atoms in total. The Bertz CT molecular complexity index is 736. The van der Waals surface area contributed by atoms with Gasteiger partial charge in [-0.1, -0.05) is 18.2 Å². The van der Waals surface area contributed by atoms with Gasteiger partial charge in [0.05, 0.1) is 17.5 Å². The van der Waals surface area contributed by atoms with Gasteiger partial charge in [-0.05, 0) is 25.0 Å². The number of nitrogens with zero attached hydrogens (tertiary/aromatic N) is 2. The lowest BCUT2D eigenvalue weighted by molar-refractivity contribution is -0.140. The SMILES string of the molecule is CN(C)C(=O)C1CCC(CNC(=O)CN(C)S(=O)(=O)c2ccccc2)O1. The molecule has 0 spiro atoms. The van der Waals surface area contributed by atoms with Crippen molar-refractivity contribution in [3.05, 3.63) is 30.3 Å². The molecule has 2 amide bonds. The molecule has 2 unspecified atom stereocenters. The van der Waals surface area contributed by atoms with Gasteiger partial charge in [0, 0.05) is 27.7 Å². The monoisotopic (exact) mass is 383 g/mol. The molecular weight excluding hydrogens is 358 g/mol. The molecule has 2 rings (SSSR count). The van der Waals surface area contributed by atoms with Crippen LogP contribution in [-0.4, -0.2) is 75.9 Å². The summed E-state index contributed by atoms with van der Waals surface area (Å²) < 4.78 is 31.4. The Morgan fingerprint density at radius 3 is 2.42 bits per heavy atom. The number of hydrogen-bond donors (Lipinski definition) is 1. The minimum absolute atomic E-state index is 0.0903. The summed E-state index contributed by atoms with van der Waals surface area (Å²) in [5, 5.41) is 2.67. The van der Waals surface area contributed by atoms with E-state index in [1.54, 1.807) is 32.3 Å². The van der Waals surface area contributed by atoms with Crippen molar-refractivity contribution in [3.63, 3.8) is 0 Å². The minimum atomic E-state index is -3.71. The quantitative estimate of drug-likeness (QED) is 0.718. The van der Waals surface area contributed by atoms with Crippen molar-refractivity contribution in [1.82, 2.24) is 14.5 Å². The first-order chi connectivity index (χ1) is 12.2. The molecule has 1 N–H and O–H groups in total. The number of carbonyl (C=O) groups excluding carboxylic acids is 2. The van der Waals surface area contributed by atoms with Crippen LogP contribution >= 0.6 is 0 Å². The molecule has 26 heavy (non-hydrogen) atoms. The molecule has 1 aromatic rings. The molecule has 0 saturated carbocycles. The normalized spacial score (nSPS) is 20.2. The number of ether oxygens (including phenoxy) is 1. The predicted octanol–water partition coefficient (Wildman–Crippen LogP) is 0.0591. The summed E-state index contributed by atoms with van der Waals surface area (Å²) >= 11 is 0. The van der Waals surface area contributed by atoms with E-state index >= 15 is 0 Å². The van der Waals surface area contributed by atoms with Crippen molar-refractivity contribution < 1.29 is 22.7 Å². The van der Waals surface area contributed by atoms with Crippen LogP contribution < -0.4 is 5.32 Å². The zero-order valence-corrected chi connectivity index (χ0v) is 16.0. The van der Waals surface area contributed by atoms with Crippen molar-refractivity contribution >= 4 is 21.8 Å². The Balaban J connectivity index is 1.81. The third-order valence-electron chi connectivity index (χ3n) is 4.17. The Morgan fingerprint density at radius 2 is 1.81 bits per heavy atom. The van der Waals surface area contributed by atoms with Crippen molar-refractivity contribution in [3.8, 4) is 0 Å². The molecule has 1 aliphatic heterocycles. The van der Waals surface area contributed by atoms with Gasteiger partial charge in [0.1, 0.15) is 6.10 Å². The molecule has 0 aliphatic carbocycles. The van der Waals surface area contributed by atoms with Crippen LogP contribution in [0.25, 0.3) is 0 Å². The maximum Gasteiger partial charge on any atom is 0.251 e. The summed E-state index contributed by atoms with van der Waals surface area (Å²) in [6.45, 7) is -0.0424. The largest absolute Gasteiger partial charge is 0.363 e. The van der Waals surface area contributed by atoms with E-state index in [0.717, 1.165) is 4.31 Å². The molecule has 9 heteroatoms. The zero-order chi connectivity index (χ0) is 19.3. The number of benzene rings is 1. The average molecular weight is 383 g/mol.